The van der Waals surface area contributed by atoms with E-state index in [1.165, 1.54) is 0 Å². The first-order valence-corrected chi connectivity index (χ1v) is 6.27. The molecule has 17 heavy (non-hydrogen) atoms. The fraction of sp³-hybridized carbons (Fsp3) is 0.833. The average molecular weight is 242 g/mol. The van der Waals surface area contributed by atoms with Crippen LogP contribution in [0.2, 0.25) is 0 Å². The molecule has 5 heteroatoms. The molecule has 0 bridgehead atoms. The lowest BCUT2D eigenvalue weighted by Crippen LogP contribution is -2.42. The number of hydrogen-bond donors (Lipinski definition) is 1. The summed E-state index contributed by atoms with van der Waals surface area (Å²) in [5.41, 5.74) is 0. The summed E-state index contributed by atoms with van der Waals surface area (Å²) in [6.07, 6.45) is 4.79. The fourth-order valence-corrected chi connectivity index (χ4v) is 1.90. The van der Waals surface area contributed by atoms with Gasteiger partial charge in [-0.15, -0.1) is 0 Å². The molecule has 1 N–H and O–H groups in total. The van der Waals surface area contributed by atoms with E-state index in [1.54, 1.807) is 12.0 Å². The third kappa shape index (κ3) is 5.68. The van der Waals surface area contributed by atoms with Crippen molar-refractivity contribution >= 4 is 11.8 Å². The fourth-order valence-electron chi connectivity index (χ4n) is 1.90. The van der Waals surface area contributed by atoms with Gasteiger partial charge in [-0.3, -0.25) is 9.59 Å². The molecule has 0 aliphatic carbocycles. The maximum atomic E-state index is 11.8. The first kappa shape index (κ1) is 14.0. The minimum atomic E-state index is -0.101. The zero-order chi connectivity index (χ0) is 12.5. The molecular weight excluding hydrogens is 220 g/mol. The summed E-state index contributed by atoms with van der Waals surface area (Å²) < 4.78 is 4.84. The maximum Gasteiger partial charge on any atom is 0.239 e. The number of likely N-dealkylation sites (tertiary alicyclic amines) is 1. The average Bonchev–Trinajstić information content (AvgIpc) is 2.29. The Morgan fingerprint density at radius 1 is 1.35 bits per heavy atom. The minimum absolute atomic E-state index is 0.101. The second-order valence-corrected chi connectivity index (χ2v) is 4.32. The lowest BCUT2D eigenvalue weighted by molar-refractivity contribution is -0.136. The minimum Gasteiger partial charge on any atom is -0.383 e. The summed E-state index contributed by atoms with van der Waals surface area (Å²) in [4.78, 5) is 25.0. The van der Waals surface area contributed by atoms with E-state index in [0.717, 1.165) is 25.7 Å². The van der Waals surface area contributed by atoms with E-state index in [2.05, 4.69) is 5.32 Å². The van der Waals surface area contributed by atoms with Gasteiger partial charge in [-0.05, 0) is 12.8 Å². The first-order chi connectivity index (χ1) is 8.24. The van der Waals surface area contributed by atoms with Gasteiger partial charge in [-0.25, -0.2) is 0 Å². The summed E-state index contributed by atoms with van der Waals surface area (Å²) in [5, 5.41) is 2.73. The molecule has 98 valence electrons. The quantitative estimate of drug-likeness (QED) is 0.716. The Morgan fingerprint density at radius 2 is 2.12 bits per heavy atom. The zero-order valence-electron chi connectivity index (χ0n) is 10.5. The van der Waals surface area contributed by atoms with Crippen molar-refractivity contribution in [2.45, 2.75) is 32.1 Å². The van der Waals surface area contributed by atoms with Crippen LogP contribution in [-0.4, -0.2) is 50.1 Å². The number of rotatable bonds is 5. The molecule has 2 amide bonds. The highest BCUT2D eigenvalue weighted by Crippen LogP contribution is 2.11. The van der Waals surface area contributed by atoms with Crippen molar-refractivity contribution in [1.29, 1.82) is 0 Å². The van der Waals surface area contributed by atoms with Gasteiger partial charge in [0.1, 0.15) is 0 Å². The lowest BCUT2D eigenvalue weighted by Gasteiger charge is -2.24. The second-order valence-electron chi connectivity index (χ2n) is 4.32. The van der Waals surface area contributed by atoms with Crippen molar-refractivity contribution in [2.75, 3.05) is 33.4 Å². The van der Waals surface area contributed by atoms with Crippen LogP contribution in [0.3, 0.4) is 0 Å². The molecule has 1 aliphatic rings. The molecule has 0 aromatic rings. The molecular formula is C12H22N2O3. The van der Waals surface area contributed by atoms with E-state index < -0.39 is 0 Å². The number of hydrogen-bond acceptors (Lipinski definition) is 3. The molecule has 1 aliphatic heterocycles. The van der Waals surface area contributed by atoms with E-state index in [-0.39, 0.29) is 18.4 Å². The highest BCUT2D eigenvalue weighted by molar-refractivity contribution is 5.84. The van der Waals surface area contributed by atoms with Gasteiger partial charge in [0.2, 0.25) is 11.8 Å². The molecule has 5 nitrogen and oxygen atoms in total. The summed E-state index contributed by atoms with van der Waals surface area (Å²) >= 11 is 0. The number of nitrogens with one attached hydrogen (secondary N) is 1. The van der Waals surface area contributed by atoms with Crippen LogP contribution in [0.5, 0.6) is 0 Å². The smallest absolute Gasteiger partial charge is 0.239 e. The van der Waals surface area contributed by atoms with Crippen molar-refractivity contribution < 1.29 is 14.3 Å². The third-order valence-corrected chi connectivity index (χ3v) is 2.88. The molecule has 1 saturated heterocycles. The Balaban J connectivity index is 2.30. The molecule has 1 fully saturated rings. The van der Waals surface area contributed by atoms with Crippen molar-refractivity contribution in [3.05, 3.63) is 0 Å². The Morgan fingerprint density at radius 3 is 2.88 bits per heavy atom. The number of ether oxygens (including phenoxy) is 1. The van der Waals surface area contributed by atoms with Gasteiger partial charge in [0.05, 0.1) is 13.2 Å². The van der Waals surface area contributed by atoms with Crippen LogP contribution in [0.15, 0.2) is 0 Å². The standard InChI is InChI=1S/C12H22N2O3/c1-17-9-7-13-11(15)10-14-8-5-3-2-4-6-12(14)16/h2-10H2,1H3,(H,13,15). The van der Waals surface area contributed by atoms with E-state index in [4.69, 9.17) is 4.74 Å². The predicted octanol–water partition coefficient (Wildman–Crippen LogP) is 0.542. The first-order valence-electron chi connectivity index (χ1n) is 6.27. The number of carbonyl (C=O) groups is 2. The number of carbonyl (C=O) groups excluding carboxylic acids is 2. The number of methoxy groups -OCH3 is 1. The Labute approximate surface area is 102 Å². The highest BCUT2D eigenvalue weighted by Gasteiger charge is 2.17. The van der Waals surface area contributed by atoms with Crippen LogP contribution in [0.25, 0.3) is 0 Å². The molecule has 0 unspecified atom stereocenters. The van der Waals surface area contributed by atoms with E-state index in [9.17, 15) is 9.59 Å². The Kier molecular flexibility index (Phi) is 6.62. The Bertz CT molecular complexity index is 256. The third-order valence-electron chi connectivity index (χ3n) is 2.88. The largest absolute Gasteiger partial charge is 0.383 e. The molecule has 0 spiro atoms. The van der Waals surface area contributed by atoms with Crippen LogP contribution in [-0.2, 0) is 14.3 Å². The molecule has 1 heterocycles. The van der Waals surface area contributed by atoms with Gasteiger partial charge < -0.3 is 15.0 Å². The van der Waals surface area contributed by atoms with Crippen molar-refractivity contribution in [3.8, 4) is 0 Å². The topological polar surface area (TPSA) is 58.6 Å². The number of nitrogens with zero attached hydrogens (tertiary/aromatic N) is 1. The van der Waals surface area contributed by atoms with E-state index >= 15 is 0 Å². The maximum absolute atomic E-state index is 11.8. The normalized spacial score (nSPS) is 17.5. The molecule has 1 rings (SSSR count). The van der Waals surface area contributed by atoms with E-state index in [1.807, 2.05) is 0 Å². The highest BCUT2D eigenvalue weighted by atomic mass is 16.5. The van der Waals surface area contributed by atoms with E-state index in [0.29, 0.717) is 26.1 Å². The van der Waals surface area contributed by atoms with Crippen molar-refractivity contribution in [2.24, 2.45) is 0 Å². The molecule has 0 saturated carbocycles. The van der Waals surface area contributed by atoms with Crippen molar-refractivity contribution in [1.82, 2.24) is 10.2 Å². The monoisotopic (exact) mass is 242 g/mol. The van der Waals surface area contributed by atoms with Crippen LogP contribution < -0.4 is 5.32 Å². The summed E-state index contributed by atoms with van der Waals surface area (Å²) in [6, 6.07) is 0. The van der Waals surface area contributed by atoms with Crippen LogP contribution >= 0.6 is 0 Å². The molecule has 0 aromatic carbocycles. The summed E-state index contributed by atoms with van der Waals surface area (Å²) in [6.45, 7) is 1.89. The molecule has 0 atom stereocenters. The van der Waals surface area contributed by atoms with Crippen molar-refractivity contribution in [3.63, 3.8) is 0 Å². The van der Waals surface area contributed by atoms with Gasteiger partial charge >= 0.3 is 0 Å². The van der Waals surface area contributed by atoms with Gasteiger partial charge in [-0.2, -0.15) is 0 Å². The van der Waals surface area contributed by atoms with Crippen LogP contribution in [0, 0.1) is 0 Å². The number of amides is 2. The van der Waals surface area contributed by atoms with Gasteiger partial charge in [-0.1, -0.05) is 12.8 Å². The molecule has 0 radical (unpaired) electrons. The lowest BCUT2D eigenvalue weighted by atomic mass is 10.1. The summed E-state index contributed by atoms with van der Waals surface area (Å²) in [7, 11) is 1.59. The zero-order valence-corrected chi connectivity index (χ0v) is 10.5. The van der Waals surface area contributed by atoms with Gasteiger partial charge in [0.15, 0.2) is 0 Å². The molecule has 0 aromatic heterocycles. The predicted molar refractivity (Wildman–Crippen MR) is 64.6 cm³/mol. The second kappa shape index (κ2) is 8.06. The van der Waals surface area contributed by atoms with Gasteiger partial charge in [0.25, 0.3) is 0 Å². The van der Waals surface area contributed by atoms with Crippen LogP contribution in [0.4, 0.5) is 0 Å². The summed E-state index contributed by atoms with van der Waals surface area (Å²) in [5.74, 6) is 0.00237. The van der Waals surface area contributed by atoms with Gasteiger partial charge in [0, 0.05) is 26.6 Å². The Hall–Kier alpha value is -1.10. The SMILES string of the molecule is COCCNC(=O)CN1CCCCCCC1=O. The van der Waals surface area contributed by atoms with Crippen LogP contribution in [0.1, 0.15) is 32.1 Å².